The Labute approximate surface area is 627 Å². The summed E-state index contributed by atoms with van der Waals surface area (Å²) in [5.74, 6) is 1.98. The number of para-hydroxylation sites is 1. The summed E-state index contributed by atoms with van der Waals surface area (Å²) in [5, 5.41) is 38.4. The number of nitrogens with one attached hydrogen (secondary N) is 3. The predicted octanol–water partition coefficient (Wildman–Crippen LogP) is 11.8. The quantitative estimate of drug-likeness (QED) is 0.0274. The average molecular weight is 1460 g/mol. The zero-order valence-corrected chi connectivity index (χ0v) is 62.2. The number of amides is 3. The number of hydrogen-bond donors (Lipinski definition) is 6. The van der Waals surface area contributed by atoms with Crippen molar-refractivity contribution in [3.8, 4) is 0 Å². The molecule has 1 saturated heterocycles. The van der Waals surface area contributed by atoms with Gasteiger partial charge in [-0.2, -0.15) is 0 Å². The summed E-state index contributed by atoms with van der Waals surface area (Å²) in [5.41, 5.74) is 9.68. The molecule has 0 saturated carbocycles. The van der Waals surface area contributed by atoms with Crippen molar-refractivity contribution in [1.29, 1.82) is 0 Å². The molecular formula is C81H87ClN16O9. The van der Waals surface area contributed by atoms with E-state index in [9.17, 15) is 44.1 Å². The number of anilines is 9. The largest absolute Gasteiger partial charge is 0.481 e. The highest BCUT2D eigenvalue weighted by Crippen LogP contribution is 2.32. The van der Waals surface area contributed by atoms with E-state index in [1.165, 1.54) is 12.2 Å². The molecule has 11 rings (SSSR count). The van der Waals surface area contributed by atoms with E-state index in [4.69, 9.17) is 21.6 Å². The van der Waals surface area contributed by atoms with Crippen molar-refractivity contribution in [2.45, 2.75) is 51.4 Å². The number of aliphatic carboxylic acids is 3. The lowest BCUT2D eigenvalue weighted by Gasteiger charge is -2.24. The number of carboxylic acid groups (broad SMARTS) is 3. The number of benzene rings is 6. The highest BCUT2D eigenvalue weighted by Gasteiger charge is 2.26. The summed E-state index contributed by atoms with van der Waals surface area (Å²) in [4.78, 5) is 115. The Balaban J connectivity index is 0.000000186. The summed E-state index contributed by atoms with van der Waals surface area (Å²) < 4.78 is 0. The van der Waals surface area contributed by atoms with Crippen LogP contribution in [0.2, 0.25) is 5.02 Å². The zero-order chi connectivity index (χ0) is 76.8. The molecule has 6 aromatic carbocycles. The number of aromatic nitrogens is 7. The second kappa shape index (κ2) is 37.2. The van der Waals surface area contributed by atoms with Gasteiger partial charge in [0, 0.05) is 159 Å². The van der Waals surface area contributed by atoms with Crippen molar-refractivity contribution in [2.24, 2.45) is 0 Å². The van der Waals surface area contributed by atoms with Gasteiger partial charge in [0.15, 0.2) is 0 Å². The molecule has 0 unspecified atom stereocenters. The number of rotatable bonds is 26. The van der Waals surface area contributed by atoms with Crippen LogP contribution in [0.1, 0.15) is 85.3 Å². The Hall–Kier alpha value is -12.6. The van der Waals surface area contributed by atoms with E-state index in [1.807, 2.05) is 221 Å². The number of carbonyl (C=O) groups excluding carboxylic acids is 3. The van der Waals surface area contributed by atoms with Gasteiger partial charge in [0.2, 0.25) is 11.8 Å². The second-order valence-electron chi connectivity index (χ2n) is 26.2. The Morgan fingerprint density at radius 1 is 0.411 bits per heavy atom. The van der Waals surface area contributed by atoms with E-state index in [-0.39, 0.29) is 37.0 Å². The van der Waals surface area contributed by atoms with Gasteiger partial charge in [-0.1, -0.05) is 115 Å². The Morgan fingerprint density at radius 2 is 0.776 bits per heavy atom. The van der Waals surface area contributed by atoms with E-state index in [0.717, 1.165) is 64.7 Å². The number of fused-ring (bicyclic) bond motifs is 1. The van der Waals surface area contributed by atoms with Crippen LogP contribution in [0.25, 0.3) is 23.1 Å². The third-order valence-corrected chi connectivity index (χ3v) is 16.9. The third kappa shape index (κ3) is 22.9. The summed E-state index contributed by atoms with van der Waals surface area (Å²) in [6.45, 7) is 1.72. The molecule has 6 N–H and O–H groups in total. The third-order valence-electron chi connectivity index (χ3n) is 16.6. The van der Waals surface area contributed by atoms with Crippen LogP contribution in [0.5, 0.6) is 0 Å². The number of carboxylic acids is 3. The zero-order valence-electron chi connectivity index (χ0n) is 61.5. The van der Waals surface area contributed by atoms with Crippen molar-refractivity contribution in [2.75, 3.05) is 129 Å². The molecule has 1 aliphatic rings. The van der Waals surface area contributed by atoms with Crippen LogP contribution in [0, 0.1) is 0 Å². The number of pyridine rings is 1. The Bertz CT molecular complexity index is 4780. The molecule has 10 aromatic rings. The smallest absolute Gasteiger partial charge is 0.308 e. The molecule has 107 heavy (non-hydrogen) atoms. The molecule has 0 bridgehead atoms. The molecule has 1 fully saturated rings. The normalized spacial score (nSPS) is 11.6. The van der Waals surface area contributed by atoms with Crippen LogP contribution >= 0.6 is 11.6 Å². The maximum Gasteiger partial charge on any atom is 0.308 e. The molecule has 3 amide bonds. The summed E-state index contributed by atoms with van der Waals surface area (Å²) in [6.07, 6.45) is 9.53. The molecule has 4 aromatic heterocycles. The molecule has 0 atom stereocenters. The van der Waals surface area contributed by atoms with Gasteiger partial charge in [0.25, 0.3) is 5.91 Å². The van der Waals surface area contributed by atoms with Crippen LogP contribution in [-0.4, -0.2) is 169 Å². The monoisotopic (exact) mass is 1460 g/mol. The minimum Gasteiger partial charge on any atom is -0.481 e. The number of carbonyl (C=O) groups is 6. The van der Waals surface area contributed by atoms with Crippen molar-refractivity contribution in [3.63, 3.8) is 0 Å². The lowest BCUT2D eigenvalue weighted by molar-refractivity contribution is -0.137. The first-order valence-electron chi connectivity index (χ1n) is 34.4. The summed E-state index contributed by atoms with van der Waals surface area (Å²) in [6, 6.07) is 50.6. The van der Waals surface area contributed by atoms with Crippen LogP contribution in [0.3, 0.4) is 0 Å². The minimum atomic E-state index is -0.937. The topological polar surface area (TPSA) is 309 Å². The van der Waals surface area contributed by atoms with E-state index in [0.29, 0.717) is 116 Å². The molecule has 1 aliphatic heterocycles. The average Bonchev–Trinajstić information content (AvgIpc) is 1.57. The van der Waals surface area contributed by atoms with Gasteiger partial charge in [0.05, 0.1) is 24.8 Å². The summed E-state index contributed by atoms with van der Waals surface area (Å²) in [7, 11) is 18.4. The van der Waals surface area contributed by atoms with E-state index in [1.54, 1.807) is 50.0 Å². The fourth-order valence-electron chi connectivity index (χ4n) is 11.6. The Kier molecular flexibility index (Phi) is 27.3. The van der Waals surface area contributed by atoms with Crippen molar-refractivity contribution < 1.29 is 44.1 Å². The first-order valence-corrected chi connectivity index (χ1v) is 34.8. The highest BCUT2D eigenvalue weighted by atomic mass is 35.5. The number of halogens is 1. The van der Waals surface area contributed by atoms with E-state index >= 15 is 0 Å². The first kappa shape index (κ1) is 78.5. The predicted molar refractivity (Wildman–Crippen MR) is 424 cm³/mol. The molecule has 0 aliphatic carbocycles. The SMILES string of the molecule is CN(C)c1nc(Cc2ccc(NC(=O)/C=C/c3ccc(Cl)cc3)cc2)nc(N(C)C)c1CC(=O)O.CN(C)c1nc(Cc2ccc(NC(=O)/C=C/c3ccccc3)cc2)nc(N(C)C)c1CC(=O)O.CN(C)c1nc(Cc2ccc(NC(=O)c3ccc4ccccc4n3)cc2)nc(N2CCCC2)c1CC(=O)O. The second-order valence-corrected chi connectivity index (χ2v) is 26.7. The Morgan fingerprint density at radius 3 is 1.19 bits per heavy atom. The van der Waals surface area contributed by atoms with E-state index < -0.39 is 17.9 Å². The molecule has 0 radical (unpaired) electrons. The highest BCUT2D eigenvalue weighted by molar-refractivity contribution is 6.30. The first-order chi connectivity index (χ1) is 51.2. The van der Waals surface area contributed by atoms with Gasteiger partial charge in [-0.15, -0.1) is 0 Å². The molecular weight excluding hydrogens is 1380 g/mol. The van der Waals surface area contributed by atoms with Crippen LogP contribution in [0.4, 0.5) is 52.0 Å². The maximum atomic E-state index is 12.8. The van der Waals surface area contributed by atoms with Crippen LogP contribution in [-0.2, 0) is 62.5 Å². The van der Waals surface area contributed by atoms with Crippen LogP contribution in [0.15, 0.2) is 176 Å². The lowest BCUT2D eigenvalue weighted by Crippen LogP contribution is -2.26. The fraction of sp³-hybridized carbons (Fsp3) is 0.247. The van der Waals surface area contributed by atoms with Crippen molar-refractivity contribution in [3.05, 3.63) is 249 Å². The molecule has 5 heterocycles. The molecule has 25 nitrogen and oxygen atoms in total. The lowest BCUT2D eigenvalue weighted by atomic mass is 10.1. The van der Waals surface area contributed by atoms with Gasteiger partial charge < -0.3 is 60.7 Å². The van der Waals surface area contributed by atoms with Crippen molar-refractivity contribution >= 4 is 122 Å². The fourth-order valence-corrected chi connectivity index (χ4v) is 11.7. The molecule has 26 heteroatoms. The van der Waals surface area contributed by atoms with E-state index in [2.05, 4.69) is 45.8 Å². The van der Waals surface area contributed by atoms with Gasteiger partial charge in [-0.3, -0.25) is 28.8 Å². The standard InChI is InChI=1S/C29H30N6O3.C26H28ClN5O3.C26H29N5O3/c1-34(2)27-22(18-26(36)37)28(35-15-5-6-16-35)33-25(32-27)17-19-9-12-21(13-10-19)30-29(38)24-14-11-20-7-3-4-8-23(20)31-24;1-31(2)25-21(16-24(34)35)26(32(3)4)30-22(29-25)15-18-7-12-20(13-8-18)28-23(33)14-9-17-5-10-19(27)11-6-17;1-30(2)25-21(17-24(33)34)26(31(3)4)29-22(28-25)16-19-10-13-20(14-11-19)27-23(32)15-12-18-8-6-5-7-9-18/h3-4,7-14H,5-6,15-18H2,1-2H3,(H,30,38)(H,36,37);5-14H,15-16H2,1-4H3,(H,28,33)(H,34,35);5-15H,16-17H2,1-4H3,(H,27,32)(H,33,34)/b;14-9+;15-12+. The van der Waals surface area contributed by atoms with Crippen molar-refractivity contribution in [1.82, 2.24) is 34.9 Å². The van der Waals surface area contributed by atoms with Crippen LogP contribution < -0.4 is 45.3 Å². The van der Waals surface area contributed by atoms with Gasteiger partial charge >= 0.3 is 17.9 Å². The number of nitrogens with zero attached hydrogens (tertiary/aromatic N) is 13. The van der Waals surface area contributed by atoms with Gasteiger partial charge in [0.1, 0.15) is 58.1 Å². The molecule has 552 valence electrons. The number of hydrogen-bond acceptors (Lipinski definition) is 19. The molecule has 0 spiro atoms. The minimum absolute atomic E-state index is 0.125. The maximum absolute atomic E-state index is 12.8. The summed E-state index contributed by atoms with van der Waals surface area (Å²) >= 11 is 5.88. The van der Waals surface area contributed by atoms with Gasteiger partial charge in [-0.25, -0.2) is 34.9 Å². The van der Waals surface area contributed by atoms with Gasteiger partial charge in [-0.05, 0) is 113 Å².